The molecule has 1 aromatic carbocycles. The zero-order chi connectivity index (χ0) is 14.0. The van der Waals surface area contributed by atoms with Crippen LogP contribution in [0.1, 0.15) is 26.0 Å². The third-order valence-electron chi connectivity index (χ3n) is 3.27. The minimum Gasteiger partial charge on any atom is -0.383 e. The Morgan fingerprint density at radius 2 is 2.00 bits per heavy atom. The summed E-state index contributed by atoms with van der Waals surface area (Å²) in [6.45, 7) is 4.42. The lowest BCUT2D eigenvalue weighted by molar-refractivity contribution is 0.577. The molecule has 19 heavy (non-hydrogen) atoms. The molecule has 0 aliphatic heterocycles. The third-order valence-corrected chi connectivity index (χ3v) is 3.60. The van der Waals surface area contributed by atoms with Gasteiger partial charge in [0.15, 0.2) is 0 Å². The van der Waals surface area contributed by atoms with E-state index in [-0.39, 0.29) is 0 Å². The molecule has 0 spiro atoms. The number of nitrogen functional groups attached to an aromatic ring is 1. The lowest BCUT2D eigenvalue weighted by Gasteiger charge is -2.07. The van der Waals surface area contributed by atoms with E-state index < -0.39 is 0 Å². The van der Waals surface area contributed by atoms with Crippen LogP contribution in [0.3, 0.4) is 0 Å². The lowest BCUT2D eigenvalue weighted by Crippen LogP contribution is -1.98. The van der Waals surface area contributed by atoms with Gasteiger partial charge in [-0.15, -0.1) is 0 Å². The Bertz CT molecular complexity index is 573. The first kappa shape index (κ1) is 13.9. The van der Waals surface area contributed by atoms with Crippen molar-refractivity contribution in [3.63, 3.8) is 0 Å². The Balaban J connectivity index is 2.47. The number of rotatable bonds is 4. The molecule has 0 saturated carbocycles. The van der Waals surface area contributed by atoms with E-state index in [4.69, 9.17) is 17.3 Å². The van der Waals surface area contributed by atoms with Crippen LogP contribution in [0.15, 0.2) is 24.3 Å². The first-order chi connectivity index (χ1) is 9.00. The van der Waals surface area contributed by atoms with E-state index in [2.05, 4.69) is 18.9 Å². The number of hydrogen-bond donors (Lipinski definition) is 1. The number of halogens is 1. The van der Waals surface area contributed by atoms with Crippen LogP contribution in [0.4, 0.5) is 5.82 Å². The molecule has 0 amide bonds. The maximum Gasteiger partial charge on any atom is 0.129 e. The molecular formula is C15H20ClN3. The molecule has 2 aromatic rings. The Hall–Kier alpha value is -1.48. The van der Waals surface area contributed by atoms with E-state index >= 15 is 0 Å². The largest absolute Gasteiger partial charge is 0.383 e. The minimum atomic E-state index is 0.641. The van der Waals surface area contributed by atoms with Crippen molar-refractivity contribution in [1.82, 2.24) is 9.78 Å². The van der Waals surface area contributed by atoms with Crippen LogP contribution in [-0.4, -0.2) is 9.78 Å². The van der Waals surface area contributed by atoms with E-state index in [0.717, 1.165) is 29.7 Å². The normalized spacial score (nSPS) is 11.2. The fourth-order valence-corrected chi connectivity index (χ4v) is 2.38. The van der Waals surface area contributed by atoms with Gasteiger partial charge in [0, 0.05) is 23.2 Å². The number of nitrogens with two attached hydrogens (primary N) is 1. The summed E-state index contributed by atoms with van der Waals surface area (Å²) in [6, 6.07) is 7.77. The summed E-state index contributed by atoms with van der Waals surface area (Å²) in [5.74, 6) is 1.31. The molecule has 4 heteroatoms. The van der Waals surface area contributed by atoms with E-state index in [9.17, 15) is 0 Å². The SMILES string of the molecule is CC(C)CCc1nn(C)c(N)c1-c1ccccc1Cl. The summed E-state index contributed by atoms with van der Waals surface area (Å²) in [6.07, 6.45) is 2.01. The average Bonchev–Trinajstić information content (AvgIpc) is 2.64. The highest BCUT2D eigenvalue weighted by atomic mass is 35.5. The second-order valence-corrected chi connectivity index (χ2v) is 5.65. The summed E-state index contributed by atoms with van der Waals surface area (Å²) in [7, 11) is 1.87. The summed E-state index contributed by atoms with van der Waals surface area (Å²) < 4.78 is 1.73. The van der Waals surface area contributed by atoms with Crippen molar-refractivity contribution in [3.05, 3.63) is 35.0 Å². The molecule has 0 fully saturated rings. The average molecular weight is 278 g/mol. The van der Waals surface area contributed by atoms with E-state index in [1.165, 1.54) is 0 Å². The van der Waals surface area contributed by atoms with Crippen LogP contribution in [-0.2, 0) is 13.5 Å². The van der Waals surface area contributed by atoms with Gasteiger partial charge in [-0.2, -0.15) is 5.10 Å². The second kappa shape index (κ2) is 5.66. The monoisotopic (exact) mass is 277 g/mol. The van der Waals surface area contributed by atoms with Crippen molar-refractivity contribution in [2.24, 2.45) is 13.0 Å². The summed E-state index contributed by atoms with van der Waals surface area (Å²) >= 11 is 6.28. The molecule has 2 rings (SSSR count). The molecule has 1 aromatic heterocycles. The van der Waals surface area contributed by atoms with Gasteiger partial charge in [0.05, 0.1) is 5.69 Å². The van der Waals surface area contributed by atoms with Crippen molar-refractivity contribution in [2.45, 2.75) is 26.7 Å². The standard InChI is InChI=1S/C15H20ClN3/c1-10(2)8-9-13-14(15(17)19(3)18-13)11-6-4-5-7-12(11)16/h4-7,10H,8-9,17H2,1-3H3. The first-order valence-corrected chi connectivity index (χ1v) is 6.94. The van der Waals surface area contributed by atoms with Crippen molar-refractivity contribution in [2.75, 3.05) is 5.73 Å². The van der Waals surface area contributed by atoms with Crippen LogP contribution in [0.25, 0.3) is 11.1 Å². The van der Waals surface area contributed by atoms with Crippen molar-refractivity contribution in [3.8, 4) is 11.1 Å². The zero-order valence-electron chi connectivity index (χ0n) is 11.7. The molecule has 2 N–H and O–H groups in total. The molecule has 1 heterocycles. The molecule has 102 valence electrons. The smallest absolute Gasteiger partial charge is 0.129 e. The molecule has 0 atom stereocenters. The maximum absolute atomic E-state index is 6.28. The predicted octanol–water partition coefficient (Wildman–Crippen LogP) is 3.91. The molecular weight excluding hydrogens is 258 g/mol. The minimum absolute atomic E-state index is 0.641. The van der Waals surface area contributed by atoms with Crippen molar-refractivity contribution >= 4 is 17.4 Å². The zero-order valence-corrected chi connectivity index (χ0v) is 12.4. The van der Waals surface area contributed by atoms with E-state index in [1.807, 2.05) is 31.3 Å². The Kier molecular flexibility index (Phi) is 4.15. The number of aryl methyl sites for hydroxylation is 2. The molecule has 0 unspecified atom stereocenters. The topological polar surface area (TPSA) is 43.8 Å². The number of benzene rings is 1. The summed E-state index contributed by atoms with van der Waals surface area (Å²) in [4.78, 5) is 0. The Morgan fingerprint density at radius 3 is 2.63 bits per heavy atom. The summed E-state index contributed by atoms with van der Waals surface area (Å²) in [5.41, 5.74) is 9.13. The number of nitrogens with zero attached hydrogens (tertiary/aromatic N) is 2. The van der Waals surface area contributed by atoms with Crippen molar-refractivity contribution in [1.29, 1.82) is 0 Å². The van der Waals surface area contributed by atoms with Gasteiger partial charge in [-0.3, -0.25) is 4.68 Å². The molecule has 0 aliphatic carbocycles. The molecule has 0 saturated heterocycles. The first-order valence-electron chi connectivity index (χ1n) is 6.57. The number of anilines is 1. The van der Waals surface area contributed by atoms with Crippen LogP contribution in [0.5, 0.6) is 0 Å². The fourth-order valence-electron chi connectivity index (χ4n) is 2.15. The van der Waals surface area contributed by atoms with Gasteiger partial charge < -0.3 is 5.73 Å². The number of hydrogen-bond acceptors (Lipinski definition) is 2. The maximum atomic E-state index is 6.28. The van der Waals surface area contributed by atoms with Gasteiger partial charge in [0.25, 0.3) is 0 Å². The molecule has 0 bridgehead atoms. The van der Waals surface area contributed by atoms with Crippen LogP contribution in [0.2, 0.25) is 5.02 Å². The van der Waals surface area contributed by atoms with Gasteiger partial charge >= 0.3 is 0 Å². The highest BCUT2D eigenvalue weighted by Crippen LogP contribution is 2.35. The van der Waals surface area contributed by atoms with Crippen LogP contribution in [0, 0.1) is 5.92 Å². The highest BCUT2D eigenvalue weighted by Gasteiger charge is 2.17. The van der Waals surface area contributed by atoms with Crippen molar-refractivity contribution < 1.29 is 0 Å². The lowest BCUT2D eigenvalue weighted by atomic mass is 10.00. The fraction of sp³-hybridized carbons (Fsp3) is 0.400. The van der Waals surface area contributed by atoms with Crippen LogP contribution < -0.4 is 5.73 Å². The number of aromatic nitrogens is 2. The Morgan fingerprint density at radius 1 is 1.32 bits per heavy atom. The van der Waals surface area contributed by atoms with E-state index in [1.54, 1.807) is 4.68 Å². The molecule has 3 nitrogen and oxygen atoms in total. The van der Waals surface area contributed by atoms with Gasteiger partial charge in [-0.25, -0.2) is 0 Å². The predicted molar refractivity (Wildman–Crippen MR) is 81.2 cm³/mol. The third kappa shape index (κ3) is 2.92. The van der Waals surface area contributed by atoms with Gasteiger partial charge in [-0.1, -0.05) is 43.6 Å². The van der Waals surface area contributed by atoms with Crippen LogP contribution >= 0.6 is 11.6 Å². The van der Waals surface area contributed by atoms with Gasteiger partial charge in [0.2, 0.25) is 0 Å². The van der Waals surface area contributed by atoms with Gasteiger partial charge in [-0.05, 0) is 24.8 Å². The molecule has 0 aliphatic rings. The second-order valence-electron chi connectivity index (χ2n) is 5.24. The quantitative estimate of drug-likeness (QED) is 0.921. The van der Waals surface area contributed by atoms with E-state index in [0.29, 0.717) is 16.8 Å². The Labute approximate surface area is 119 Å². The molecule has 0 radical (unpaired) electrons. The highest BCUT2D eigenvalue weighted by molar-refractivity contribution is 6.33. The summed E-state index contributed by atoms with van der Waals surface area (Å²) in [5, 5.41) is 5.25. The van der Waals surface area contributed by atoms with Gasteiger partial charge in [0.1, 0.15) is 5.82 Å².